The molecule has 0 unspecified atom stereocenters. The third kappa shape index (κ3) is 2.34. The van der Waals surface area contributed by atoms with E-state index in [4.69, 9.17) is 5.11 Å². The number of carboxylic acid groups (broad SMARTS) is 1. The Balaban J connectivity index is 2.89. The molecule has 0 aromatic carbocycles. The van der Waals surface area contributed by atoms with Crippen molar-refractivity contribution in [1.29, 1.82) is 0 Å². The lowest BCUT2D eigenvalue weighted by Crippen LogP contribution is -2.32. The van der Waals surface area contributed by atoms with E-state index in [1.165, 1.54) is 7.05 Å². The fourth-order valence-corrected chi connectivity index (χ4v) is 1.33. The molecule has 0 saturated carbocycles. The minimum Gasteiger partial charge on any atom is -0.480 e. The Morgan fingerprint density at radius 2 is 2.07 bits per heavy atom. The van der Waals surface area contributed by atoms with Gasteiger partial charge in [0.15, 0.2) is 0 Å². The molecule has 6 heteroatoms. The van der Waals surface area contributed by atoms with Crippen molar-refractivity contribution < 1.29 is 14.7 Å². The maximum Gasteiger partial charge on any atom is 0.323 e. The minimum atomic E-state index is -1.04. The van der Waals surface area contributed by atoms with Crippen molar-refractivity contribution in [2.45, 2.75) is 13.8 Å². The molecule has 0 fully saturated rings. The van der Waals surface area contributed by atoms with Crippen molar-refractivity contribution in [1.82, 2.24) is 15.1 Å². The van der Waals surface area contributed by atoms with Gasteiger partial charge in [-0.15, -0.1) is 0 Å². The van der Waals surface area contributed by atoms with Crippen molar-refractivity contribution >= 4 is 11.9 Å². The molecule has 15 heavy (non-hydrogen) atoms. The van der Waals surface area contributed by atoms with Crippen LogP contribution in [0, 0.1) is 13.8 Å². The number of aromatic nitrogens is 2. The number of amides is 1. The lowest BCUT2D eigenvalue weighted by atomic mass is 10.2. The van der Waals surface area contributed by atoms with Crippen LogP contribution in [0.1, 0.15) is 21.7 Å². The second-order valence-corrected chi connectivity index (χ2v) is 3.36. The summed E-state index contributed by atoms with van der Waals surface area (Å²) in [5, 5.41) is 15.1. The second-order valence-electron chi connectivity index (χ2n) is 3.36. The van der Waals surface area contributed by atoms with E-state index in [1.807, 2.05) is 0 Å². The number of H-pyrrole nitrogens is 1. The first kappa shape index (κ1) is 11.2. The van der Waals surface area contributed by atoms with Crippen LogP contribution in [0.5, 0.6) is 0 Å². The van der Waals surface area contributed by atoms with E-state index in [0.717, 1.165) is 4.90 Å². The number of hydrogen-bond donors (Lipinski definition) is 2. The Hall–Kier alpha value is -1.85. The van der Waals surface area contributed by atoms with Gasteiger partial charge in [0.05, 0.1) is 11.3 Å². The number of carboxylic acids is 1. The third-order valence-corrected chi connectivity index (χ3v) is 2.06. The Kier molecular flexibility index (Phi) is 3.08. The average Bonchev–Trinajstić information content (AvgIpc) is 2.44. The number of carbonyl (C=O) groups excluding carboxylic acids is 1. The zero-order valence-electron chi connectivity index (χ0n) is 8.87. The molecule has 0 saturated heterocycles. The van der Waals surface area contributed by atoms with Crippen LogP contribution in [0.3, 0.4) is 0 Å². The van der Waals surface area contributed by atoms with Crippen LogP contribution in [-0.2, 0) is 4.79 Å². The van der Waals surface area contributed by atoms with Crippen LogP contribution in [-0.4, -0.2) is 45.7 Å². The Labute approximate surface area is 86.9 Å². The van der Waals surface area contributed by atoms with Crippen LogP contribution in [0.2, 0.25) is 0 Å². The zero-order chi connectivity index (χ0) is 11.6. The van der Waals surface area contributed by atoms with Gasteiger partial charge >= 0.3 is 5.97 Å². The maximum atomic E-state index is 11.8. The number of likely N-dealkylation sites (N-methyl/N-ethyl adjacent to an activating group) is 1. The molecule has 0 radical (unpaired) electrons. The average molecular weight is 211 g/mol. The van der Waals surface area contributed by atoms with Crippen LogP contribution in [0.4, 0.5) is 0 Å². The van der Waals surface area contributed by atoms with Crippen molar-refractivity contribution in [2.24, 2.45) is 0 Å². The van der Waals surface area contributed by atoms with Crippen molar-refractivity contribution in [3.05, 3.63) is 17.0 Å². The lowest BCUT2D eigenvalue weighted by Gasteiger charge is -2.14. The fourth-order valence-electron chi connectivity index (χ4n) is 1.33. The minimum absolute atomic E-state index is 0.317. The van der Waals surface area contributed by atoms with Gasteiger partial charge in [-0.1, -0.05) is 0 Å². The Morgan fingerprint density at radius 1 is 1.47 bits per heavy atom. The highest BCUT2D eigenvalue weighted by molar-refractivity contribution is 5.97. The van der Waals surface area contributed by atoms with E-state index in [0.29, 0.717) is 17.0 Å². The van der Waals surface area contributed by atoms with E-state index in [9.17, 15) is 9.59 Å². The zero-order valence-corrected chi connectivity index (χ0v) is 8.87. The number of rotatable bonds is 3. The summed E-state index contributed by atoms with van der Waals surface area (Å²) in [7, 11) is 1.45. The van der Waals surface area contributed by atoms with Gasteiger partial charge in [-0.05, 0) is 13.8 Å². The standard InChI is InChI=1S/C9H13N3O3/c1-5-8(6(2)11-10-5)9(15)12(3)4-7(13)14/h4H2,1-3H3,(H,10,11)(H,13,14). The van der Waals surface area contributed by atoms with Crippen LogP contribution >= 0.6 is 0 Å². The summed E-state index contributed by atoms with van der Waals surface area (Å²) in [5.74, 6) is -1.37. The van der Waals surface area contributed by atoms with Gasteiger partial charge in [0.2, 0.25) is 0 Å². The smallest absolute Gasteiger partial charge is 0.323 e. The molecule has 1 aromatic heterocycles. The molecule has 0 bridgehead atoms. The highest BCUT2D eigenvalue weighted by Gasteiger charge is 2.20. The monoisotopic (exact) mass is 211 g/mol. The van der Waals surface area contributed by atoms with Gasteiger partial charge in [0.25, 0.3) is 5.91 Å². The first-order valence-corrected chi connectivity index (χ1v) is 4.42. The SMILES string of the molecule is Cc1n[nH]c(C)c1C(=O)N(C)CC(=O)O. The van der Waals surface area contributed by atoms with Gasteiger partial charge < -0.3 is 10.0 Å². The molecule has 0 aliphatic rings. The summed E-state index contributed by atoms with van der Waals surface area (Å²) >= 11 is 0. The molecule has 6 nitrogen and oxygen atoms in total. The fraction of sp³-hybridized carbons (Fsp3) is 0.444. The molecular weight excluding hydrogens is 198 g/mol. The molecule has 0 spiro atoms. The molecule has 1 aromatic rings. The molecule has 0 aliphatic carbocycles. The number of carbonyl (C=O) groups is 2. The molecular formula is C9H13N3O3. The van der Waals surface area contributed by atoms with Crippen molar-refractivity contribution in [3.8, 4) is 0 Å². The summed E-state index contributed by atoms with van der Waals surface area (Å²) in [6.45, 7) is 3.11. The maximum absolute atomic E-state index is 11.8. The molecule has 1 heterocycles. The lowest BCUT2D eigenvalue weighted by molar-refractivity contribution is -0.137. The number of nitrogens with one attached hydrogen (secondary N) is 1. The largest absolute Gasteiger partial charge is 0.480 e. The highest BCUT2D eigenvalue weighted by atomic mass is 16.4. The van der Waals surface area contributed by atoms with Gasteiger partial charge in [-0.2, -0.15) is 5.10 Å². The number of nitrogens with zero attached hydrogens (tertiary/aromatic N) is 2. The number of aliphatic carboxylic acids is 1. The summed E-state index contributed by atoms with van der Waals surface area (Å²) in [5.41, 5.74) is 1.67. The number of aromatic amines is 1. The van der Waals surface area contributed by atoms with Gasteiger partial charge in [-0.3, -0.25) is 14.7 Å². The quantitative estimate of drug-likeness (QED) is 0.746. The Morgan fingerprint density at radius 3 is 2.47 bits per heavy atom. The first-order valence-electron chi connectivity index (χ1n) is 4.42. The third-order valence-electron chi connectivity index (χ3n) is 2.06. The number of aryl methyl sites for hydroxylation is 2. The van der Waals surface area contributed by atoms with E-state index in [1.54, 1.807) is 13.8 Å². The predicted molar refractivity (Wildman–Crippen MR) is 52.7 cm³/mol. The molecule has 0 atom stereocenters. The summed E-state index contributed by atoms with van der Waals surface area (Å²) in [6.07, 6.45) is 0. The number of hydrogen-bond acceptors (Lipinski definition) is 3. The van der Waals surface area contributed by atoms with E-state index in [-0.39, 0.29) is 12.5 Å². The highest BCUT2D eigenvalue weighted by Crippen LogP contribution is 2.11. The molecule has 1 rings (SSSR count). The van der Waals surface area contributed by atoms with Gasteiger partial charge in [0, 0.05) is 12.7 Å². The molecule has 82 valence electrons. The van der Waals surface area contributed by atoms with Crippen LogP contribution in [0.15, 0.2) is 0 Å². The summed E-state index contributed by atoms with van der Waals surface area (Å²) in [4.78, 5) is 23.4. The summed E-state index contributed by atoms with van der Waals surface area (Å²) < 4.78 is 0. The van der Waals surface area contributed by atoms with Crippen molar-refractivity contribution in [2.75, 3.05) is 13.6 Å². The van der Waals surface area contributed by atoms with E-state index >= 15 is 0 Å². The summed E-state index contributed by atoms with van der Waals surface area (Å²) in [6, 6.07) is 0. The van der Waals surface area contributed by atoms with E-state index < -0.39 is 5.97 Å². The second kappa shape index (κ2) is 4.12. The van der Waals surface area contributed by atoms with Gasteiger partial charge in [0.1, 0.15) is 6.54 Å². The molecule has 1 amide bonds. The van der Waals surface area contributed by atoms with Gasteiger partial charge in [-0.25, -0.2) is 0 Å². The Bertz CT molecular complexity index is 378. The first-order chi connectivity index (χ1) is 6.93. The normalized spacial score (nSPS) is 10.1. The molecule has 0 aliphatic heterocycles. The van der Waals surface area contributed by atoms with Crippen molar-refractivity contribution in [3.63, 3.8) is 0 Å². The topological polar surface area (TPSA) is 86.3 Å². The van der Waals surface area contributed by atoms with Crippen LogP contribution < -0.4 is 0 Å². The predicted octanol–water partition coefficient (Wildman–Crippen LogP) is 0.183. The molecule has 2 N–H and O–H groups in total. The van der Waals surface area contributed by atoms with E-state index in [2.05, 4.69) is 10.2 Å². The van der Waals surface area contributed by atoms with Crippen LogP contribution in [0.25, 0.3) is 0 Å².